The van der Waals surface area contributed by atoms with Gasteiger partial charge in [-0.15, -0.1) is 0 Å². The summed E-state index contributed by atoms with van der Waals surface area (Å²) in [5.41, 5.74) is -1.64. The van der Waals surface area contributed by atoms with Gasteiger partial charge in [-0.05, 0) is 80.7 Å². The summed E-state index contributed by atoms with van der Waals surface area (Å²) in [7, 11) is 0. The van der Waals surface area contributed by atoms with Crippen LogP contribution in [-0.4, -0.2) is 43.8 Å². The van der Waals surface area contributed by atoms with Gasteiger partial charge in [0.25, 0.3) is 5.91 Å². The molecule has 0 atom stereocenters. The number of aliphatic hydroxyl groups is 1. The van der Waals surface area contributed by atoms with Crippen LogP contribution in [0, 0.1) is 23.7 Å². The van der Waals surface area contributed by atoms with E-state index in [2.05, 4.69) is 22.1 Å². The topological polar surface area (TPSA) is 104 Å². The van der Waals surface area contributed by atoms with Crippen molar-refractivity contribution >= 4 is 23.5 Å². The summed E-state index contributed by atoms with van der Waals surface area (Å²) in [6, 6.07) is 4.48. The zero-order valence-electron chi connectivity index (χ0n) is 19.8. The van der Waals surface area contributed by atoms with Crippen molar-refractivity contribution in [3.05, 3.63) is 52.1 Å². The minimum Gasteiger partial charge on any atom is -0.481 e. The fraction of sp³-hybridized carbons (Fsp3) is 0.480. The molecule has 0 unspecified atom stereocenters. The number of carboxylic acids is 1. The lowest BCUT2D eigenvalue weighted by molar-refractivity contribution is -0.143. The molecule has 1 aliphatic carbocycles. The molecule has 0 aliphatic heterocycles. The summed E-state index contributed by atoms with van der Waals surface area (Å²) < 4.78 is 40.1. The second-order valence-corrected chi connectivity index (χ2v) is 9.77. The summed E-state index contributed by atoms with van der Waals surface area (Å²) in [5.74, 6) is 3.67. The fourth-order valence-corrected chi connectivity index (χ4v) is 4.24. The van der Waals surface area contributed by atoms with E-state index in [9.17, 15) is 27.9 Å². The Morgan fingerprint density at radius 3 is 2.31 bits per heavy atom. The molecule has 0 saturated heterocycles. The molecule has 1 saturated carbocycles. The molecule has 1 aliphatic rings. The van der Waals surface area contributed by atoms with Gasteiger partial charge in [0.2, 0.25) is 5.28 Å². The molecule has 0 bridgehead atoms. The predicted octanol–water partition coefficient (Wildman–Crippen LogP) is 4.35. The Hall–Kier alpha value is -3.03. The Bertz CT molecular complexity index is 1170. The van der Waals surface area contributed by atoms with Crippen LogP contribution in [0.15, 0.2) is 24.3 Å². The van der Waals surface area contributed by atoms with E-state index in [0.717, 1.165) is 12.1 Å². The fourth-order valence-electron chi connectivity index (χ4n) is 4.02. The Labute approximate surface area is 211 Å². The van der Waals surface area contributed by atoms with Crippen LogP contribution in [0.2, 0.25) is 5.28 Å². The lowest BCUT2D eigenvalue weighted by Gasteiger charge is -2.26. The molecule has 7 nitrogen and oxygen atoms in total. The van der Waals surface area contributed by atoms with Crippen LogP contribution >= 0.6 is 11.6 Å². The highest BCUT2D eigenvalue weighted by Crippen LogP contribution is 2.30. The second-order valence-electron chi connectivity index (χ2n) is 9.43. The summed E-state index contributed by atoms with van der Waals surface area (Å²) in [4.78, 5) is 28.5. The molecule has 2 aromatic rings. The Morgan fingerprint density at radius 2 is 1.78 bits per heavy atom. The number of amides is 1. The monoisotopic (exact) mass is 525 g/mol. The van der Waals surface area contributed by atoms with Crippen molar-refractivity contribution in [1.29, 1.82) is 0 Å². The van der Waals surface area contributed by atoms with Crippen molar-refractivity contribution in [3.63, 3.8) is 0 Å². The quantitative estimate of drug-likeness (QED) is 0.486. The first-order chi connectivity index (χ1) is 16.7. The molecule has 1 aromatic carbocycles. The van der Waals surface area contributed by atoms with E-state index >= 15 is 0 Å². The van der Waals surface area contributed by atoms with E-state index in [4.69, 9.17) is 16.7 Å². The number of benzene rings is 1. The summed E-state index contributed by atoms with van der Waals surface area (Å²) in [6.07, 6.45) is -2.08. The normalized spacial score (nSPS) is 18.3. The molecule has 1 amide bonds. The maximum Gasteiger partial charge on any atom is 0.416 e. The van der Waals surface area contributed by atoms with Crippen LogP contribution in [0.3, 0.4) is 0 Å². The Morgan fingerprint density at radius 1 is 1.17 bits per heavy atom. The number of aromatic nitrogens is 2. The van der Waals surface area contributed by atoms with E-state index in [0.29, 0.717) is 37.8 Å². The van der Waals surface area contributed by atoms with Crippen LogP contribution in [0.5, 0.6) is 0 Å². The predicted molar refractivity (Wildman–Crippen MR) is 126 cm³/mol. The van der Waals surface area contributed by atoms with E-state index in [1.807, 2.05) is 0 Å². The van der Waals surface area contributed by atoms with Crippen LogP contribution in [-0.2, 0) is 17.5 Å². The van der Waals surface area contributed by atoms with Crippen LogP contribution < -0.4 is 5.32 Å². The van der Waals surface area contributed by atoms with Gasteiger partial charge < -0.3 is 20.1 Å². The molecule has 1 heterocycles. The molecule has 194 valence electrons. The third kappa shape index (κ3) is 7.24. The van der Waals surface area contributed by atoms with E-state index < -0.39 is 29.2 Å². The zero-order chi connectivity index (χ0) is 26.7. The van der Waals surface area contributed by atoms with Crippen LogP contribution in [0.1, 0.15) is 66.8 Å². The number of hydrogen-bond acceptors (Lipinski definition) is 4. The van der Waals surface area contributed by atoms with Crippen molar-refractivity contribution < 1.29 is 33.0 Å². The van der Waals surface area contributed by atoms with Crippen molar-refractivity contribution in [3.8, 4) is 11.8 Å². The zero-order valence-corrected chi connectivity index (χ0v) is 20.6. The molecule has 1 aromatic heterocycles. The molecule has 3 rings (SSSR count). The first-order valence-electron chi connectivity index (χ1n) is 11.4. The number of carbonyl (C=O) groups excluding carboxylic acids is 1. The Kier molecular flexibility index (Phi) is 8.37. The van der Waals surface area contributed by atoms with E-state index in [-0.39, 0.29) is 35.1 Å². The number of alkyl halides is 3. The number of imidazole rings is 1. The summed E-state index contributed by atoms with van der Waals surface area (Å²) >= 11 is 6.30. The highest BCUT2D eigenvalue weighted by atomic mass is 35.5. The molecule has 0 radical (unpaired) electrons. The number of rotatable bonds is 6. The van der Waals surface area contributed by atoms with Gasteiger partial charge in [0.1, 0.15) is 17.0 Å². The van der Waals surface area contributed by atoms with Gasteiger partial charge in [-0.25, -0.2) is 4.98 Å². The number of halogens is 4. The van der Waals surface area contributed by atoms with Crippen molar-refractivity contribution in [2.75, 3.05) is 6.54 Å². The van der Waals surface area contributed by atoms with Gasteiger partial charge in [-0.2, -0.15) is 13.2 Å². The van der Waals surface area contributed by atoms with Gasteiger partial charge in [-0.1, -0.05) is 18.1 Å². The van der Waals surface area contributed by atoms with Crippen molar-refractivity contribution in [2.45, 2.75) is 57.9 Å². The standard InChI is InChI=1S/C25H27ClF3N3O4/c1-24(2,36)12-11-19-20(21(33)30-13-15-3-7-17(8-4-15)22(34)35)32(23(26)31-19)14-16-5-9-18(10-6-16)25(27,28)29/h5-6,9-10,15,17,36H,3-4,7-8,13-14H2,1-2H3,(H,30,33)(H,34,35)/t15-,17-. The maximum atomic E-state index is 13.2. The molecular formula is C25H27ClF3N3O4. The molecular weight excluding hydrogens is 499 g/mol. The maximum absolute atomic E-state index is 13.2. The molecule has 3 N–H and O–H groups in total. The average molecular weight is 526 g/mol. The lowest BCUT2D eigenvalue weighted by Crippen LogP contribution is -2.34. The van der Waals surface area contributed by atoms with Crippen LogP contribution in [0.25, 0.3) is 0 Å². The summed E-state index contributed by atoms with van der Waals surface area (Å²) in [5, 5.41) is 21.9. The lowest BCUT2D eigenvalue weighted by atomic mass is 9.82. The van der Waals surface area contributed by atoms with Crippen LogP contribution in [0.4, 0.5) is 13.2 Å². The SMILES string of the molecule is CC(C)(O)C#Cc1nc(Cl)n(Cc2ccc(C(F)(F)F)cc2)c1C(=O)NC[C@H]1CC[C@H](C(=O)O)CC1. The van der Waals surface area contributed by atoms with Crippen molar-refractivity contribution in [2.24, 2.45) is 11.8 Å². The Balaban J connectivity index is 1.84. The highest BCUT2D eigenvalue weighted by Gasteiger charge is 2.30. The first kappa shape index (κ1) is 27.6. The number of aliphatic carboxylic acids is 1. The van der Waals surface area contributed by atoms with E-state index in [1.165, 1.54) is 30.5 Å². The molecule has 0 spiro atoms. The molecule has 1 fully saturated rings. The number of hydrogen-bond donors (Lipinski definition) is 3. The second kappa shape index (κ2) is 10.9. The number of carbonyl (C=O) groups is 2. The molecule has 11 heteroatoms. The smallest absolute Gasteiger partial charge is 0.416 e. The third-order valence-corrected chi connectivity index (χ3v) is 6.28. The number of carboxylic acid groups (broad SMARTS) is 1. The average Bonchev–Trinajstić information content (AvgIpc) is 3.10. The third-order valence-electron chi connectivity index (χ3n) is 5.99. The van der Waals surface area contributed by atoms with Gasteiger partial charge >= 0.3 is 12.1 Å². The first-order valence-corrected chi connectivity index (χ1v) is 11.8. The largest absolute Gasteiger partial charge is 0.481 e. The van der Waals surface area contributed by atoms with Gasteiger partial charge in [0.15, 0.2) is 0 Å². The number of nitrogens with zero attached hydrogens (tertiary/aromatic N) is 2. The molecule has 36 heavy (non-hydrogen) atoms. The highest BCUT2D eigenvalue weighted by molar-refractivity contribution is 6.29. The van der Waals surface area contributed by atoms with Gasteiger partial charge in [0, 0.05) is 6.54 Å². The van der Waals surface area contributed by atoms with E-state index in [1.54, 1.807) is 0 Å². The van der Waals surface area contributed by atoms with Gasteiger partial charge in [0.05, 0.1) is 18.0 Å². The van der Waals surface area contributed by atoms with Crippen molar-refractivity contribution in [1.82, 2.24) is 14.9 Å². The summed E-state index contributed by atoms with van der Waals surface area (Å²) in [6.45, 7) is 3.22. The number of nitrogens with one attached hydrogen (secondary N) is 1. The van der Waals surface area contributed by atoms with Gasteiger partial charge in [-0.3, -0.25) is 9.59 Å². The minimum atomic E-state index is -4.47. The minimum absolute atomic E-state index is 0.0240.